The molecule has 0 heterocycles. The fraction of sp³-hybridized carbons (Fsp3) is 0.964. The Morgan fingerprint density at radius 2 is 0.447 bits per heavy atom. The van der Waals surface area contributed by atoms with Crippen LogP contribution in [0.15, 0.2) is 0 Å². The van der Waals surface area contributed by atoms with Crippen LogP contribution in [0.5, 0.6) is 0 Å². The Balaban J connectivity index is 0.764. The van der Waals surface area contributed by atoms with E-state index >= 15 is 0 Å². The predicted octanol–water partition coefficient (Wildman–Crippen LogP) is 34.3. The van der Waals surface area contributed by atoms with Gasteiger partial charge in [-0.05, 0) is 392 Å². The number of nitriles is 4. The van der Waals surface area contributed by atoms with Crippen LogP contribution >= 0.6 is 0 Å². The first-order chi connectivity index (χ1) is 56.0. The van der Waals surface area contributed by atoms with Crippen LogP contribution in [-0.4, -0.2) is 0 Å². The van der Waals surface area contributed by atoms with E-state index in [1.165, 1.54) is 417 Å². The minimum atomic E-state index is -0.547. The van der Waals surface area contributed by atoms with Crippen molar-refractivity contribution in [2.24, 2.45) is 158 Å². The van der Waals surface area contributed by atoms with Gasteiger partial charge >= 0.3 is 0 Å². The quantitative estimate of drug-likeness (QED) is 0.0570. The highest BCUT2D eigenvalue weighted by Crippen LogP contribution is 2.61. The van der Waals surface area contributed by atoms with E-state index in [1.807, 2.05) is 0 Å². The van der Waals surface area contributed by atoms with Crippen LogP contribution in [0.1, 0.15) is 509 Å². The average molecular weight is 1560 g/mol. The minimum absolute atomic E-state index is 0.332. The lowest BCUT2D eigenvalue weighted by molar-refractivity contribution is 0.0252. The van der Waals surface area contributed by atoms with Crippen molar-refractivity contribution in [3.8, 4) is 24.3 Å². The summed E-state index contributed by atoms with van der Waals surface area (Å²) in [6, 6.07) is 12.8. The first-order valence-corrected chi connectivity index (χ1v) is 53.6. The lowest BCUT2D eigenvalue weighted by atomic mass is 9.54. The lowest BCUT2D eigenvalue weighted by Gasteiger charge is -2.49. The molecule has 12 aliphatic carbocycles. The van der Waals surface area contributed by atoms with Crippen molar-refractivity contribution in [1.82, 2.24) is 0 Å². The van der Waals surface area contributed by atoms with E-state index in [2.05, 4.69) is 52.0 Å². The Bertz CT molecular complexity index is 2780. The van der Waals surface area contributed by atoms with Gasteiger partial charge in [-0.15, -0.1) is 0 Å². The van der Waals surface area contributed by atoms with Crippen molar-refractivity contribution in [3.63, 3.8) is 0 Å². The summed E-state index contributed by atoms with van der Waals surface area (Å²) in [5.74, 6) is 19.9. The minimum Gasteiger partial charge on any atom is -0.198 e. The molecule has 11 atom stereocenters. The van der Waals surface area contributed by atoms with E-state index in [0.29, 0.717) is 36.0 Å². The summed E-state index contributed by atoms with van der Waals surface area (Å²) in [6.45, 7) is 9.44. The Hall–Kier alpha value is -2.04. The fourth-order valence-electron chi connectivity index (χ4n) is 31.8. The summed E-state index contributed by atoms with van der Waals surface area (Å²) >= 11 is 0. The molecular weight excluding hydrogens is 1380 g/mol. The summed E-state index contributed by atoms with van der Waals surface area (Å²) < 4.78 is 0. The zero-order valence-corrected chi connectivity index (χ0v) is 76.2. The van der Waals surface area contributed by atoms with E-state index in [1.54, 1.807) is 0 Å². The van der Waals surface area contributed by atoms with Gasteiger partial charge in [0.1, 0.15) is 0 Å². The molecule has 4 nitrogen and oxygen atoms in total. The highest BCUT2D eigenvalue weighted by molar-refractivity contribution is 5.14. The van der Waals surface area contributed by atoms with Gasteiger partial charge < -0.3 is 0 Å². The smallest absolute Gasteiger partial charge is 0.0692 e. The van der Waals surface area contributed by atoms with Crippen molar-refractivity contribution in [2.45, 2.75) is 509 Å². The largest absolute Gasteiger partial charge is 0.198 e. The maximum absolute atomic E-state index is 12.9. The first kappa shape index (κ1) is 91.2. The molecule has 12 aliphatic rings. The number of unbranched alkanes of at least 4 members (excludes halogenated alkanes) is 11. The molecule has 11 unspecified atom stereocenters. The van der Waals surface area contributed by atoms with Gasteiger partial charge in [0.25, 0.3) is 0 Å². The molecule has 0 aromatic heterocycles. The van der Waals surface area contributed by atoms with Crippen molar-refractivity contribution < 1.29 is 0 Å². The molecule has 4 heteroatoms. The van der Waals surface area contributed by atoms with Crippen molar-refractivity contribution >= 4 is 0 Å². The molecule has 646 valence electrons. The van der Waals surface area contributed by atoms with E-state index < -0.39 is 16.2 Å². The molecule has 0 aliphatic heterocycles. The SMILES string of the molecule is CCCCCCCC1CCC(C2CCC(C3CCCC(C(C#N)(CCCC#N)CCC(C#N)(CCC(C#N)(CCC4CCCC(C5CCC(C6CCC(CCCC)CC6)CC5)C4)C4CCCC(C5CCC(C6CCC(CCCCC)CC6)CC5)C4)C4CCCC(C5CCC(C6CCC(CCCCCC)CC6)CC5)C4)C3)CC2)CC1. The van der Waals surface area contributed by atoms with Crippen molar-refractivity contribution in [2.75, 3.05) is 0 Å². The Morgan fingerprint density at radius 3 is 0.763 bits per heavy atom. The van der Waals surface area contributed by atoms with Crippen molar-refractivity contribution in [3.05, 3.63) is 0 Å². The Morgan fingerprint density at radius 1 is 0.202 bits per heavy atom. The first-order valence-electron chi connectivity index (χ1n) is 53.6. The normalized spacial score (nSPS) is 38.5. The topological polar surface area (TPSA) is 95.2 Å². The number of hydrogen-bond donors (Lipinski definition) is 0. The highest BCUT2D eigenvalue weighted by Gasteiger charge is 2.52. The van der Waals surface area contributed by atoms with Gasteiger partial charge in [-0.1, -0.05) is 252 Å². The summed E-state index contributed by atoms with van der Waals surface area (Å²) in [5.41, 5.74) is -1.46. The van der Waals surface area contributed by atoms with E-state index in [0.717, 1.165) is 170 Å². The molecule has 0 spiro atoms. The van der Waals surface area contributed by atoms with E-state index in [-0.39, 0.29) is 0 Å². The van der Waals surface area contributed by atoms with Crippen LogP contribution in [-0.2, 0) is 0 Å². The van der Waals surface area contributed by atoms with Gasteiger partial charge in [0, 0.05) is 6.42 Å². The molecule has 114 heavy (non-hydrogen) atoms. The third-order valence-electron chi connectivity index (χ3n) is 39.5. The van der Waals surface area contributed by atoms with Crippen LogP contribution in [0, 0.1) is 204 Å². The Labute approximate surface area is 708 Å². The van der Waals surface area contributed by atoms with E-state index in [9.17, 15) is 21.0 Å². The third kappa shape index (κ3) is 25.8. The van der Waals surface area contributed by atoms with Crippen LogP contribution in [0.4, 0.5) is 0 Å². The molecule has 12 rings (SSSR count). The van der Waals surface area contributed by atoms with Gasteiger partial charge in [0.15, 0.2) is 0 Å². The summed E-state index contributed by atoms with van der Waals surface area (Å²) in [7, 11) is 0. The zero-order chi connectivity index (χ0) is 79.2. The number of hydrogen-bond acceptors (Lipinski definition) is 4. The second-order valence-electron chi connectivity index (χ2n) is 45.5. The van der Waals surface area contributed by atoms with Gasteiger partial charge in [-0.3, -0.25) is 0 Å². The predicted molar refractivity (Wildman–Crippen MR) is 482 cm³/mol. The molecule has 0 aromatic carbocycles. The lowest BCUT2D eigenvalue weighted by Crippen LogP contribution is -2.42. The van der Waals surface area contributed by atoms with Crippen LogP contribution in [0.3, 0.4) is 0 Å². The third-order valence-corrected chi connectivity index (χ3v) is 39.5. The van der Waals surface area contributed by atoms with E-state index in [4.69, 9.17) is 0 Å². The molecule has 0 bridgehead atoms. The molecule has 0 radical (unpaired) electrons. The number of rotatable bonds is 41. The molecule has 12 fully saturated rings. The molecule has 0 N–H and O–H groups in total. The van der Waals surface area contributed by atoms with Gasteiger partial charge in [0.2, 0.25) is 0 Å². The maximum atomic E-state index is 12.9. The molecular formula is C110H186N4. The van der Waals surface area contributed by atoms with Crippen LogP contribution in [0.25, 0.3) is 0 Å². The van der Waals surface area contributed by atoms with Crippen molar-refractivity contribution in [1.29, 1.82) is 21.0 Å². The molecule has 0 saturated heterocycles. The molecule has 0 aromatic rings. The Kier molecular flexibility index (Phi) is 38.5. The van der Waals surface area contributed by atoms with Gasteiger partial charge in [-0.2, -0.15) is 21.0 Å². The summed E-state index contributed by atoms with van der Waals surface area (Å²) in [6.07, 6.45) is 101. The number of nitrogens with zero attached hydrogens (tertiary/aromatic N) is 4. The summed E-state index contributed by atoms with van der Waals surface area (Å²) in [5, 5.41) is 48.3. The molecule has 12 saturated carbocycles. The maximum Gasteiger partial charge on any atom is 0.0692 e. The average Bonchev–Trinajstić information content (AvgIpc) is 0.770. The standard InChI is InChI=1S/C110H186N4/c1-5-9-13-15-18-28-87-43-51-92(52-44-87)95-55-63-98(64-56-95)102-31-22-34-105(78-102)108(81-112,70-19-20-76-111)72-74-110(83-114,107-36-24-33-104(80-107)100-67-59-96(60-68-100)91-49-41-86(42-50-91)27-17-14-10-6-2)75-73-109(82-113,106-35-23-32-103(79-106)99-65-57-94(58-66-99)90-47-39-85(40-48-90)26-16-11-7-3)71-69-88-29-21-30-101(77-88)97-61-53-93(54-62-97)89-45-37-84(38-46-89)25-12-8-4/h84-107H,5-75,77-80H2,1-4H3. The summed E-state index contributed by atoms with van der Waals surface area (Å²) in [4.78, 5) is 0. The zero-order valence-electron chi connectivity index (χ0n) is 76.2. The van der Waals surface area contributed by atoms with Gasteiger partial charge in [-0.25, -0.2) is 0 Å². The van der Waals surface area contributed by atoms with Crippen LogP contribution in [0.2, 0.25) is 0 Å². The second kappa shape index (κ2) is 48.1. The molecule has 0 amide bonds. The second-order valence-corrected chi connectivity index (χ2v) is 45.5. The highest BCUT2D eigenvalue weighted by atomic mass is 14.6. The van der Waals surface area contributed by atoms with Gasteiger partial charge in [0.05, 0.1) is 40.5 Å². The fourth-order valence-corrected chi connectivity index (χ4v) is 31.8. The van der Waals surface area contributed by atoms with Crippen LogP contribution < -0.4 is 0 Å². The monoisotopic (exact) mass is 1560 g/mol.